The molecule has 2 unspecified atom stereocenters. The van der Waals surface area contributed by atoms with Crippen molar-refractivity contribution in [2.45, 2.75) is 17.9 Å². The summed E-state index contributed by atoms with van der Waals surface area (Å²) in [5.41, 5.74) is 7.13. The Morgan fingerprint density at radius 3 is 2.60 bits per heavy atom. The van der Waals surface area contributed by atoms with Crippen LogP contribution in [0.4, 0.5) is 0 Å². The minimum Gasteiger partial charge on any atom is -0.504 e. The number of phenolic OH excluding ortho intramolecular Hbond substituents is 4. The molecule has 1 aliphatic heterocycles. The third-order valence-electron chi connectivity index (χ3n) is 4.98. The number of aromatic hydroxyl groups is 4. The molecule has 132 valence electrons. The average molecular weight is 345 g/mol. The van der Waals surface area contributed by atoms with Crippen molar-refractivity contribution in [3.63, 3.8) is 0 Å². The van der Waals surface area contributed by atoms with E-state index in [2.05, 4.69) is 0 Å². The fourth-order valence-electron chi connectivity index (χ4n) is 3.94. The van der Waals surface area contributed by atoms with Gasteiger partial charge in [-0.15, -0.1) is 0 Å². The van der Waals surface area contributed by atoms with Crippen LogP contribution >= 0.6 is 0 Å². The predicted molar refractivity (Wildman–Crippen MR) is 88.3 cm³/mol. The first-order valence-corrected chi connectivity index (χ1v) is 8.03. The Morgan fingerprint density at radius 2 is 1.84 bits per heavy atom. The topological polar surface area (TPSA) is 125 Å². The van der Waals surface area contributed by atoms with Crippen molar-refractivity contribution in [2.75, 3.05) is 19.8 Å². The number of benzene rings is 2. The van der Waals surface area contributed by atoms with Gasteiger partial charge in [0.1, 0.15) is 12.2 Å². The number of rotatable bonds is 3. The molecular formula is C18H19NO6. The fourth-order valence-corrected chi connectivity index (χ4v) is 3.94. The van der Waals surface area contributed by atoms with Gasteiger partial charge in [0.2, 0.25) is 5.75 Å². The molecule has 0 spiro atoms. The van der Waals surface area contributed by atoms with Crippen LogP contribution in [0.1, 0.15) is 22.6 Å². The summed E-state index contributed by atoms with van der Waals surface area (Å²) < 4.78 is 11.8. The molecule has 7 heteroatoms. The van der Waals surface area contributed by atoms with Crippen molar-refractivity contribution in [2.24, 2.45) is 5.73 Å². The summed E-state index contributed by atoms with van der Waals surface area (Å²) in [7, 11) is 0. The van der Waals surface area contributed by atoms with E-state index in [0.29, 0.717) is 25.1 Å². The molecule has 2 atom stereocenters. The molecule has 2 aromatic rings. The molecule has 25 heavy (non-hydrogen) atoms. The smallest absolute Gasteiger partial charge is 0.200 e. The summed E-state index contributed by atoms with van der Waals surface area (Å²) in [6, 6.07) is 6.11. The molecule has 2 aromatic carbocycles. The van der Waals surface area contributed by atoms with Gasteiger partial charge < -0.3 is 35.6 Å². The Labute approximate surface area is 143 Å². The Balaban J connectivity index is 1.92. The van der Waals surface area contributed by atoms with Crippen LogP contribution in [-0.4, -0.2) is 45.8 Å². The lowest BCUT2D eigenvalue weighted by Crippen LogP contribution is -2.47. The minimum absolute atomic E-state index is 0.151. The van der Waals surface area contributed by atoms with Crippen LogP contribution in [0.5, 0.6) is 28.7 Å². The Bertz CT molecular complexity index is 852. The van der Waals surface area contributed by atoms with E-state index in [-0.39, 0.29) is 41.3 Å². The molecule has 7 nitrogen and oxygen atoms in total. The minimum atomic E-state index is -0.752. The van der Waals surface area contributed by atoms with Crippen molar-refractivity contribution < 1.29 is 29.9 Å². The maximum absolute atomic E-state index is 10.1. The lowest BCUT2D eigenvalue weighted by Gasteiger charge is -2.40. The second-order valence-electron chi connectivity index (χ2n) is 6.49. The molecule has 0 aromatic heterocycles. The normalized spacial score (nSPS) is 23.5. The molecule has 0 saturated carbocycles. The highest BCUT2D eigenvalue weighted by Gasteiger charge is 2.53. The number of phenols is 4. The van der Waals surface area contributed by atoms with Gasteiger partial charge in [0.15, 0.2) is 23.0 Å². The molecule has 0 fully saturated rings. The quantitative estimate of drug-likeness (QED) is 0.531. The van der Waals surface area contributed by atoms with Gasteiger partial charge in [-0.1, -0.05) is 6.07 Å². The molecule has 1 aliphatic carbocycles. The van der Waals surface area contributed by atoms with E-state index in [1.807, 2.05) is 0 Å². The van der Waals surface area contributed by atoms with E-state index in [0.717, 1.165) is 11.1 Å². The molecule has 0 radical (unpaired) electrons. The van der Waals surface area contributed by atoms with E-state index in [1.165, 1.54) is 18.2 Å². The highest BCUT2D eigenvalue weighted by molar-refractivity contribution is 5.63. The highest BCUT2D eigenvalue weighted by Crippen LogP contribution is 2.56. The summed E-state index contributed by atoms with van der Waals surface area (Å²) in [6.07, 6.45) is 0.474. The fraction of sp³-hybridized carbons (Fsp3) is 0.333. The molecule has 6 N–H and O–H groups in total. The first-order valence-electron chi connectivity index (χ1n) is 8.03. The van der Waals surface area contributed by atoms with Gasteiger partial charge in [0.25, 0.3) is 0 Å². The van der Waals surface area contributed by atoms with Crippen LogP contribution in [0.25, 0.3) is 0 Å². The lowest BCUT2D eigenvalue weighted by molar-refractivity contribution is -0.0827. The molecule has 0 saturated heterocycles. The van der Waals surface area contributed by atoms with Gasteiger partial charge in [-0.25, -0.2) is 0 Å². The third kappa shape index (κ3) is 2.20. The Kier molecular flexibility index (Phi) is 3.45. The number of fused-ring (bicyclic) bond motifs is 5. The van der Waals surface area contributed by atoms with Crippen molar-refractivity contribution in [3.05, 3.63) is 41.0 Å². The first-order chi connectivity index (χ1) is 12.0. The summed E-state index contributed by atoms with van der Waals surface area (Å²) in [5.74, 6) is -1.11. The second-order valence-corrected chi connectivity index (χ2v) is 6.49. The monoisotopic (exact) mass is 345 g/mol. The molecule has 2 aliphatic rings. The standard InChI is InChI=1S/C18H19NO6/c19-3-4-25-18-7-9-5-13(21)14(22)6-11(9)15(18)10-1-2-12(20)16(23)17(10)24-8-18/h1-2,5-6,15,20-23H,3-4,7-8,19H2. The molecule has 4 rings (SSSR count). The SMILES string of the molecule is NCCOC12COc3c(ccc(O)c3O)C1c1cc(O)c(O)cc1C2. The van der Waals surface area contributed by atoms with E-state index >= 15 is 0 Å². The van der Waals surface area contributed by atoms with Crippen LogP contribution in [0.2, 0.25) is 0 Å². The van der Waals surface area contributed by atoms with Gasteiger partial charge >= 0.3 is 0 Å². The number of hydrogen-bond donors (Lipinski definition) is 5. The van der Waals surface area contributed by atoms with Crippen molar-refractivity contribution in [1.29, 1.82) is 0 Å². The first kappa shape index (κ1) is 15.9. The van der Waals surface area contributed by atoms with Crippen molar-refractivity contribution in [3.8, 4) is 28.7 Å². The summed E-state index contributed by atoms with van der Waals surface area (Å²) in [4.78, 5) is 0. The van der Waals surface area contributed by atoms with Gasteiger partial charge in [-0.3, -0.25) is 0 Å². The van der Waals surface area contributed by atoms with Gasteiger partial charge in [-0.05, 0) is 29.3 Å². The second kappa shape index (κ2) is 5.44. The maximum Gasteiger partial charge on any atom is 0.200 e. The average Bonchev–Trinajstić information content (AvgIpc) is 2.90. The van der Waals surface area contributed by atoms with E-state index in [9.17, 15) is 20.4 Å². The lowest BCUT2D eigenvalue weighted by atomic mass is 9.80. The number of ether oxygens (including phenoxy) is 2. The van der Waals surface area contributed by atoms with Gasteiger partial charge in [0.05, 0.1) is 6.61 Å². The third-order valence-corrected chi connectivity index (χ3v) is 4.98. The summed E-state index contributed by atoms with van der Waals surface area (Å²) >= 11 is 0. The summed E-state index contributed by atoms with van der Waals surface area (Å²) in [5, 5.41) is 39.7. The molecular weight excluding hydrogens is 326 g/mol. The molecule has 0 amide bonds. The zero-order valence-corrected chi connectivity index (χ0v) is 13.4. The predicted octanol–water partition coefficient (Wildman–Crippen LogP) is 1.30. The van der Waals surface area contributed by atoms with Crippen LogP contribution in [0.3, 0.4) is 0 Å². The molecule has 1 heterocycles. The van der Waals surface area contributed by atoms with Crippen LogP contribution in [-0.2, 0) is 11.2 Å². The van der Waals surface area contributed by atoms with E-state index in [1.54, 1.807) is 6.07 Å². The van der Waals surface area contributed by atoms with E-state index < -0.39 is 5.60 Å². The Morgan fingerprint density at radius 1 is 1.08 bits per heavy atom. The van der Waals surface area contributed by atoms with Crippen LogP contribution in [0, 0.1) is 0 Å². The van der Waals surface area contributed by atoms with Gasteiger partial charge in [-0.2, -0.15) is 0 Å². The Hall–Kier alpha value is -2.64. The van der Waals surface area contributed by atoms with Gasteiger partial charge in [0, 0.05) is 24.4 Å². The maximum atomic E-state index is 10.1. The van der Waals surface area contributed by atoms with Crippen LogP contribution < -0.4 is 10.5 Å². The number of nitrogens with two attached hydrogens (primary N) is 1. The summed E-state index contributed by atoms with van der Waals surface area (Å²) in [6.45, 7) is 0.818. The van der Waals surface area contributed by atoms with E-state index in [4.69, 9.17) is 15.2 Å². The number of hydrogen-bond acceptors (Lipinski definition) is 7. The van der Waals surface area contributed by atoms with Crippen molar-refractivity contribution in [1.82, 2.24) is 0 Å². The molecule has 0 bridgehead atoms. The highest BCUT2D eigenvalue weighted by atomic mass is 16.6. The van der Waals surface area contributed by atoms with Crippen molar-refractivity contribution >= 4 is 0 Å². The van der Waals surface area contributed by atoms with Crippen LogP contribution in [0.15, 0.2) is 24.3 Å². The zero-order valence-electron chi connectivity index (χ0n) is 13.4. The zero-order chi connectivity index (χ0) is 17.8. The largest absolute Gasteiger partial charge is 0.504 e.